The number of amides is 1. The number of nitrogens with one attached hydrogen (secondary N) is 1. The summed E-state index contributed by atoms with van der Waals surface area (Å²) in [5.74, 6) is 0.346. The first-order valence-electron chi connectivity index (χ1n) is 7.31. The van der Waals surface area contributed by atoms with Gasteiger partial charge in [0.25, 0.3) is 0 Å². The summed E-state index contributed by atoms with van der Waals surface area (Å²) in [5, 5.41) is 3.40. The summed E-state index contributed by atoms with van der Waals surface area (Å²) < 4.78 is 0. The second kappa shape index (κ2) is 4.97. The largest absolute Gasteiger partial charge is 0.339 e. The fourth-order valence-electron chi connectivity index (χ4n) is 3.33. The lowest BCUT2D eigenvalue weighted by Crippen LogP contribution is -2.58. The van der Waals surface area contributed by atoms with Gasteiger partial charge in [0.1, 0.15) is 0 Å². The maximum absolute atomic E-state index is 12.9. The number of rotatable bonds is 2. The van der Waals surface area contributed by atoms with Crippen molar-refractivity contribution >= 4 is 5.91 Å². The molecule has 1 atom stereocenters. The fraction of sp³-hybridized carbons (Fsp3) is 0.562. The van der Waals surface area contributed by atoms with Gasteiger partial charge < -0.3 is 10.2 Å². The summed E-state index contributed by atoms with van der Waals surface area (Å²) in [6.07, 6.45) is 3.19. The number of piperazine rings is 1. The van der Waals surface area contributed by atoms with E-state index in [0.717, 1.165) is 32.5 Å². The standard InChI is InChI=1S/C16H22N2O/c1-13-12-18(11-10-17-13)15(19)16(8-5-9-16)14-6-3-2-4-7-14/h2-4,6-7,13,17H,5,8-12H2,1H3. The van der Waals surface area contributed by atoms with Crippen LogP contribution in [0.2, 0.25) is 0 Å². The Hall–Kier alpha value is -1.35. The smallest absolute Gasteiger partial charge is 0.233 e. The molecule has 102 valence electrons. The van der Waals surface area contributed by atoms with Crippen LogP contribution in [-0.4, -0.2) is 36.5 Å². The molecular formula is C16H22N2O. The molecule has 1 saturated carbocycles. The number of benzene rings is 1. The van der Waals surface area contributed by atoms with E-state index >= 15 is 0 Å². The molecule has 0 spiro atoms. The Morgan fingerprint density at radius 3 is 2.63 bits per heavy atom. The number of carbonyl (C=O) groups excluding carboxylic acids is 1. The molecule has 3 heteroatoms. The van der Waals surface area contributed by atoms with E-state index in [0.29, 0.717) is 11.9 Å². The molecule has 1 N–H and O–H groups in total. The summed E-state index contributed by atoms with van der Waals surface area (Å²) in [4.78, 5) is 15.0. The third-order valence-corrected chi connectivity index (χ3v) is 4.60. The molecule has 0 bridgehead atoms. The van der Waals surface area contributed by atoms with Crippen LogP contribution in [0.5, 0.6) is 0 Å². The maximum atomic E-state index is 12.9. The van der Waals surface area contributed by atoms with E-state index in [4.69, 9.17) is 0 Å². The first-order chi connectivity index (χ1) is 9.22. The van der Waals surface area contributed by atoms with Gasteiger partial charge in [-0.15, -0.1) is 0 Å². The summed E-state index contributed by atoms with van der Waals surface area (Å²) in [6, 6.07) is 10.7. The lowest BCUT2D eigenvalue weighted by Gasteiger charge is -2.45. The third kappa shape index (κ3) is 2.16. The number of nitrogens with zero attached hydrogens (tertiary/aromatic N) is 1. The van der Waals surface area contributed by atoms with Gasteiger partial charge in [-0.2, -0.15) is 0 Å². The zero-order valence-corrected chi connectivity index (χ0v) is 11.6. The zero-order chi connectivity index (χ0) is 13.3. The van der Waals surface area contributed by atoms with Crippen LogP contribution in [0.15, 0.2) is 30.3 Å². The lowest BCUT2D eigenvalue weighted by atomic mass is 9.63. The van der Waals surface area contributed by atoms with Crippen LogP contribution in [0.1, 0.15) is 31.7 Å². The molecule has 19 heavy (non-hydrogen) atoms. The molecule has 3 nitrogen and oxygen atoms in total. The summed E-state index contributed by atoms with van der Waals surface area (Å²) >= 11 is 0. The highest BCUT2D eigenvalue weighted by Gasteiger charge is 2.47. The molecule has 2 fully saturated rings. The van der Waals surface area contributed by atoms with Crippen molar-refractivity contribution in [3.05, 3.63) is 35.9 Å². The first-order valence-corrected chi connectivity index (χ1v) is 7.31. The third-order valence-electron chi connectivity index (χ3n) is 4.60. The summed E-state index contributed by atoms with van der Waals surface area (Å²) in [6.45, 7) is 4.75. The molecule has 1 aromatic rings. The van der Waals surface area contributed by atoms with E-state index < -0.39 is 0 Å². The van der Waals surface area contributed by atoms with Gasteiger partial charge >= 0.3 is 0 Å². The van der Waals surface area contributed by atoms with E-state index in [-0.39, 0.29) is 5.41 Å². The van der Waals surface area contributed by atoms with E-state index in [1.807, 2.05) is 18.2 Å². The quantitative estimate of drug-likeness (QED) is 0.879. The normalized spacial score (nSPS) is 25.7. The van der Waals surface area contributed by atoms with Crippen LogP contribution in [0.3, 0.4) is 0 Å². The van der Waals surface area contributed by atoms with Crippen LogP contribution in [0.4, 0.5) is 0 Å². The second-order valence-corrected chi connectivity index (χ2v) is 5.91. The first kappa shape index (κ1) is 12.7. The topological polar surface area (TPSA) is 32.3 Å². The maximum Gasteiger partial charge on any atom is 0.233 e. The summed E-state index contributed by atoms with van der Waals surface area (Å²) in [7, 11) is 0. The SMILES string of the molecule is CC1CN(C(=O)C2(c3ccccc3)CCC2)CCN1. The van der Waals surface area contributed by atoms with Crippen molar-refractivity contribution < 1.29 is 4.79 Å². The Bertz CT molecular complexity index is 453. The van der Waals surface area contributed by atoms with Crippen LogP contribution in [0, 0.1) is 0 Å². The van der Waals surface area contributed by atoms with Crippen molar-refractivity contribution in [1.29, 1.82) is 0 Å². The van der Waals surface area contributed by atoms with Crippen molar-refractivity contribution in [2.24, 2.45) is 0 Å². The molecule has 1 aliphatic heterocycles. The molecule has 1 unspecified atom stereocenters. The highest BCUT2D eigenvalue weighted by Crippen LogP contribution is 2.45. The van der Waals surface area contributed by atoms with Gasteiger partial charge in [0.05, 0.1) is 5.41 Å². The Morgan fingerprint density at radius 2 is 2.05 bits per heavy atom. The predicted octanol–water partition coefficient (Wildman–Crippen LogP) is 1.93. The van der Waals surface area contributed by atoms with Crippen molar-refractivity contribution in [2.45, 2.75) is 37.6 Å². The average Bonchev–Trinajstić information content (AvgIpc) is 2.38. The monoisotopic (exact) mass is 258 g/mol. The molecule has 1 saturated heterocycles. The second-order valence-electron chi connectivity index (χ2n) is 5.91. The number of carbonyl (C=O) groups is 1. The fourth-order valence-corrected chi connectivity index (χ4v) is 3.33. The van der Waals surface area contributed by atoms with Crippen LogP contribution >= 0.6 is 0 Å². The van der Waals surface area contributed by atoms with E-state index in [1.165, 1.54) is 12.0 Å². The Morgan fingerprint density at radius 1 is 1.32 bits per heavy atom. The molecule has 0 aromatic heterocycles. The van der Waals surface area contributed by atoms with Crippen molar-refractivity contribution in [3.8, 4) is 0 Å². The molecule has 0 radical (unpaired) electrons. The summed E-state index contributed by atoms with van der Waals surface area (Å²) in [5.41, 5.74) is 0.982. The highest BCUT2D eigenvalue weighted by molar-refractivity contribution is 5.89. The molecule has 3 rings (SSSR count). The molecule has 1 heterocycles. The minimum absolute atomic E-state index is 0.224. The van der Waals surface area contributed by atoms with Gasteiger partial charge in [0.15, 0.2) is 0 Å². The van der Waals surface area contributed by atoms with E-state index in [9.17, 15) is 4.79 Å². The Balaban J connectivity index is 1.84. The molecule has 1 amide bonds. The predicted molar refractivity (Wildman–Crippen MR) is 76.0 cm³/mol. The molecule has 1 aromatic carbocycles. The Labute approximate surface area is 115 Å². The lowest BCUT2D eigenvalue weighted by molar-refractivity contribution is -0.142. The van der Waals surface area contributed by atoms with E-state index in [2.05, 4.69) is 29.3 Å². The highest BCUT2D eigenvalue weighted by atomic mass is 16.2. The van der Waals surface area contributed by atoms with Gasteiger partial charge in [-0.25, -0.2) is 0 Å². The molecule has 2 aliphatic rings. The minimum Gasteiger partial charge on any atom is -0.339 e. The van der Waals surface area contributed by atoms with Gasteiger partial charge in [0, 0.05) is 25.7 Å². The van der Waals surface area contributed by atoms with Gasteiger partial charge in [-0.1, -0.05) is 36.8 Å². The molecular weight excluding hydrogens is 236 g/mol. The molecule has 1 aliphatic carbocycles. The number of hydrogen-bond donors (Lipinski definition) is 1. The van der Waals surface area contributed by atoms with Crippen molar-refractivity contribution in [2.75, 3.05) is 19.6 Å². The van der Waals surface area contributed by atoms with Crippen molar-refractivity contribution in [1.82, 2.24) is 10.2 Å². The minimum atomic E-state index is -0.224. The number of hydrogen-bond acceptors (Lipinski definition) is 2. The van der Waals surface area contributed by atoms with Crippen LogP contribution in [-0.2, 0) is 10.2 Å². The van der Waals surface area contributed by atoms with Gasteiger partial charge in [-0.3, -0.25) is 4.79 Å². The zero-order valence-electron chi connectivity index (χ0n) is 11.6. The van der Waals surface area contributed by atoms with Crippen LogP contribution in [0.25, 0.3) is 0 Å². The van der Waals surface area contributed by atoms with Crippen molar-refractivity contribution in [3.63, 3.8) is 0 Å². The average molecular weight is 258 g/mol. The Kier molecular flexibility index (Phi) is 3.31. The van der Waals surface area contributed by atoms with Crippen LogP contribution < -0.4 is 5.32 Å². The van der Waals surface area contributed by atoms with Gasteiger partial charge in [0.2, 0.25) is 5.91 Å². The van der Waals surface area contributed by atoms with Gasteiger partial charge in [-0.05, 0) is 25.3 Å². The van der Waals surface area contributed by atoms with E-state index in [1.54, 1.807) is 0 Å².